The molecule has 0 heterocycles. The van der Waals surface area contributed by atoms with Crippen LogP contribution in [0.25, 0.3) is 10.4 Å². The van der Waals surface area contributed by atoms with E-state index in [0.717, 1.165) is 5.56 Å². The van der Waals surface area contributed by atoms with Crippen molar-refractivity contribution in [2.75, 3.05) is 13.7 Å². The van der Waals surface area contributed by atoms with Gasteiger partial charge in [0.1, 0.15) is 0 Å². The smallest absolute Gasteiger partial charge is 0.311 e. The summed E-state index contributed by atoms with van der Waals surface area (Å²) in [6.45, 7) is -0.321. The summed E-state index contributed by atoms with van der Waals surface area (Å²) in [5, 5.41) is 12.9. The van der Waals surface area contributed by atoms with E-state index in [9.17, 15) is 9.90 Å². The lowest BCUT2D eigenvalue weighted by Crippen LogP contribution is -2.25. The largest absolute Gasteiger partial charge is 0.469 e. The van der Waals surface area contributed by atoms with Gasteiger partial charge in [0.15, 0.2) is 0 Å². The van der Waals surface area contributed by atoms with Gasteiger partial charge in [0.2, 0.25) is 0 Å². The second-order valence-electron chi connectivity index (χ2n) is 4.19. The summed E-state index contributed by atoms with van der Waals surface area (Å²) in [6, 6.07) is 9.15. The average molecular weight is 263 g/mol. The first kappa shape index (κ1) is 15.0. The first-order valence-corrected chi connectivity index (χ1v) is 5.98. The molecule has 102 valence electrons. The van der Waals surface area contributed by atoms with Gasteiger partial charge in [-0.05, 0) is 23.9 Å². The zero-order valence-electron chi connectivity index (χ0n) is 10.8. The van der Waals surface area contributed by atoms with Crippen LogP contribution in [0.3, 0.4) is 0 Å². The Labute approximate surface area is 111 Å². The summed E-state index contributed by atoms with van der Waals surface area (Å²) in [4.78, 5) is 14.2. The number of carbonyl (C=O) groups is 1. The molecular weight excluding hydrogens is 246 g/mol. The number of aliphatic hydroxyl groups is 1. The van der Waals surface area contributed by atoms with Gasteiger partial charge >= 0.3 is 5.97 Å². The molecule has 19 heavy (non-hydrogen) atoms. The minimum Gasteiger partial charge on any atom is -0.469 e. The van der Waals surface area contributed by atoms with E-state index in [1.165, 1.54) is 7.11 Å². The number of rotatable bonds is 7. The molecule has 0 aromatic heterocycles. The number of ether oxygens (including phenoxy) is 1. The Kier molecular flexibility index (Phi) is 6.43. The molecule has 1 rings (SSSR count). The van der Waals surface area contributed by atoms with Gasteiger partial charge in [0.05, 0.1) is 19.6 Å². The van der Waals surface area contributed by atoms with Crippen LogP contribution in [0.15, 0.2) is 35.4 Å². The number of hydrogen-bond donors (Lipinski definition) is 1. The third-order valence-electron chi connectivity index (χ3n) is 2.84. The van der Waals surface area contributed by atoms with Crippen molar-refractivity contribution in [3.8, 4) is 0 Å². The van der Waals surface area contributed by atoms with Gasteiger partial charge in [-0.3, -0.25) is 4.79 Å². The van der Waals surface area contributed by atoms with Crippen molar-refractivity contribution in [1.29, 1.82) is 0 Å². The van der Waals surface area contributed by atoms with Crippen LogP contribution in [0, 0.1) is 5.92 Å². The Hall–Kier alpha value is -2.04. The normalized spacial score (nSPS) is 13.2. The van der Waals surface area contributed by atoms with Gasteiger partial charge in [-0.15, -0.1) is 0 Å². The highest BCUT2D eigenvalue weighted by molar-refractivity contribution is 5.72. The molecule has 6 heteroatoms. The van der Waals surface area contributed by atoms with Crippen molar-refractivity contribution >= 4 is 5.97 Å². The summed E-state index contributed by atoms with van der Waals surface area (Å²) in [6.07, 6.45) is 0.792. The maximum atomic E-state index is 11.4. The Bertz CT molecular complexity index is 444. The maximum absolute atomic E-state index is 11.4. The fourth-order valence-electron chi connectivity index (χ4n) is 1.87. The Morgan fingerprint density at radius 3 is 2.68 bits per heavy atom. The van der Waals surface area contributed by atoms with Crippen LogP contribution < -0.4 is 0 Å². The van der Waals surface area contributed by atoms with Crippen molar-refractivity contribution in [3.05, 3.63) is 46.3 Å². The van der Waals surface area contributed by atoms with Gasteiger partial charge in [-0.25, -0.2) is 0 Å². The number of methoxy groups -OCH3 is 1. The van der Waals surface area contributed by atoms with Crippen LogP contribution in [0.5, 0.6) is 0 Å². The average Bonchev–Trinajstić information content (AvgIpc) is 2.45. The molecule has 1 aromatic carbocycles. The van der Waals surface area contributed by atoms with Crippen LogP contribution in [0.2, 0.25) is 0 Å². The number of aliphatic hydroxyl groups excluding tert-OH is 1. The highest BCUT2D eigenvalue weighted by Crippen LogP contribution is 2.16. The lowest BCUT2D eigenvalue weighted by molar-refractivity contribution is -0.147. The number of hydrogen-bond acceptors (Lipinski definition) is 4. The molecule has 6 nitrogen and oxygen atoms in total. The first-order chi connectivity index (χ1) is 9.21. The second-order valence-corrected chi connectivity index (χ2v) is 4.19. The van der Waals surface area contributed by atoms with Crippen molar-refractivity contribution in [1.82, 2.24) is 0 Å². The first-order valence-electron chi connectivity index (χ1n) is 5.98. The predicted octanol–water partition coefficient (Wildman–Crippen LogP) is 2.08. The van der Waals surface area contributed by atoms with E-state index in [-0.39, 0.29) is 19.1 Å². The zero-order chi connectivity index (χ0) is 14.1. The van der Waals surface area contributed by atoms with Crippen LogP contribution in [0.4, 0.5) is 0 Å². The molecule has 0 aliphatic heterocycles. The number of esters is 1. The number of nitrogens with zero attached hydrogens (tertiary/aromatic N) is 3. The molecule has 1 N–H and O–H groups in total. The SMILES string of the molecule is COC(=O)[C@H](CO)C[C@H](Cc1ccccc1)N=[N+]=[N-]. The number of azide groups is 1. The third kappa shape index (κ3) is 4.99. The maximum Gasteiger partial charge on any atom is 0.311 e. The molecule has 1 aromatic rings. The van der Waals surface area contributed by atoms with E-state index in [1.54, 1.807) is 0 Å². The fraction of sp³-hybridized carbons (Fsp3) is 0.462. The molecule has 0 amide bonds. The number of carbonyl (C=O) groups excluding carboxylic acids is 1. The van der Waals surface area contributed by atoms with Gasteiger partial charge in [0, 0.05) is 11.0 Å². The van der Waals surface area contributed by atoms with E-state index in [4.69, 9.17) is 5.53 Å². The summed E-state index contributed by atoms with van der Waals surface area (Å²) < 4.78 is 4.60. The number of benzene rings is 1. The minimum absolute atomic E-state index is 0.266. The molecule has 0 bridgehead atoms. The zero-order valence-corrected chi connectivity index (χ0v) is 10.8. The second kappa shape index (κ2) is 8.13. The molecule has 0 fully saturated rings. The quantitative estimate of drug-likeness (QED) is 0.353. The third-order valence-corrected chi connectivity index (χ3v) is 2.84. The van der Waals surface area contributed by atoms with Gasteiger partial charge in [-0.2, -0.15) is 0 Å². The van der Waals surface area contributed by atoms with Crippen molar-refractivity contribution < 1.29 is 14.6 Å². The van der Waals surface area contributed by atoms with Crippen LogP contribution in [0.1, 0.15) is 12.0 Å². The van der Waals surface area contributed by atoms with Crippen LogP contribution >= 0.6 is 0 Å². The fourth-order valence-corrected chi connectivity index (χ4v) is 1.87. The molecular formula is C13H17N3O3. The van der Waals surface area contributed by atoms with Crippen LogP contribution in [-0.4, -0.2) is 30.8 Å². The highest BCUT2D eigenvalue weighted by Gasteiger charge is 2.22. The van der Waals surface area contributed by atoms with Gasteiger partial charge in [0.25, 0.3) is 0 Å². The summed E-state index contributed by atoms with van der Waals surface area (Å²) >= 11 is 0. The van der Waals surface area contributed by atoms with E-state index in [1.807, 2.05) is 30.3 Å². The summed E-state index contributed by atoms with van der Waals surface area (Å²) in [5.74, 6) is -1.15. The molecule has 0 spiro atoms. The standard InChI is InChI=1S/C13H17N3O3/c1-19-13(18)11(9-17)8-12(15-16-14)7-10-5-3-2-4-6-10/h2-6,11-12,17H,7-9H2,1H3/t11-,12-/m0/s1. The van der Waals surface area contributed by atoms with E-state index in [2.05, 4.69) is 14.8 Å². The monoisotopic (exact) mass is 263 g/mol. The molecule has 0 aliphatic rings. The molecule has 0 unspecified atom stereocenters. The lowest BCUT2D eigenvalue weighted by Gasteiger charge is -2.16. The van der Waals surface area contributed by atoms with E-state index in [0.29, 0.717) is 6.42 Å². The van der Waals surface area contributed by atoms with Gasteiger partial charge < -0.3 is 9.84 Å². The Morgan fingerprint density at radius 2 is 2.16 bits per heavy atom. The molecule has 0 aliphatic carbocycles. The topological polar surface area (TPSA) is 95.3 Å². The predicted molar refractivity (Wildman–Crippen MR) is 70.3 cm³/mol. The van der Waals surface area contributed by atoms with Crippen molar-refractivity contribution in [2.45, 2.75) is 18.9 Å². The van der Waals surface area contributed by atoms with E-state index < -0.39 is 11.9 Å². The molecule has 0 saturated heterocycles. The molecule has 2 atom stereocenters. The Morgan fingerprint density at radius 1 is 1.47 bits per heavy atom. The molecule has 0 saturated carbocycles. The molecule has 0 radical (unpaired) electrons. The lowest BCUT2D eigenvalue weighted by atomic mass is 9.96. The Balaban J connectivity index is 2.72. The van der Waals surface area contributed by atoms with Gasteiger partial charge in [-0.1, -0.05) is 35.4 Å². The van der Waals surface area contributed by atoms with Crippen molar-refractivity contribution in [3.63, 3.8) is 0 Å². The summed E-state index contributed by atoms with van der Waals surface area (Å²) in [5.41, 5.74) is 9.59. The highest BCUT2D eigenvalue weighted by atomic mass is 16.5. The van der Waals surface area contributed by atoms with E-state index >= 15 is 0 Å². The summed E-state index contributed by atoms with van der Waals surface area (Å²) in [7, 11) is 1.27. The van der Waals surface area contributed by atoms with Crippen LogP contribution in [-0.2, 0) is 16.0 Å². The minimum atomic E-state index is -0.663. The van der Waals surface area contributed by atoms with Crippen molar-refractivity contribution in [2.24, 2.45) is 11.0 Å².